The molecule has 0 saturated heterocycles. The molecular formula is C20H16ClN3O4. The number of amides is 1. The van der Waals surface area contributed by atoms with Gasteiger partial charge in [-0.1, -0.05) is 29.8 Å². The Bertz CT molecular complexity index is 1030. The molecule has 8 heteroatoms. The number of carbonyl (C=O) groups is 2. The van der Waals surface area contributed by atoms with Crippen LogP contribution in [0.3, 0.4) is 0 Å². The molecule has 2 aromatic carbocycles. The maximum atomic E-state index is 12.3. The van der Waals surface area contributed by atoms with E-state index in [0.29, 0.717) is 21.8 Å². The van der Waals surface area contributed by atoms with Gasteiger partial charge in [0.1, 0.15) is 0 Å². The molecule has 0 unspecified atom stereocenters. The van der Waals surface area contributed by atoms with Crippen LogP contribution in [-0.2, 0) is 16.1 Å². The van der Waals surface area contributed by atoms with Crippen molar-refractivity contribution in [3.63, 3.8) is 0 Å². The van der Waals surface area contributed by atoms with Gasteiger partial charge in [-0.05, 0) is 43.2 Å². The average Bonchev–Trinajstić information content (AvgIpc) is 3.46. The van der Waals surface area contributed by atoms with E-state index in [4.69, 9.17) is 20.8 Å². The predicted octanol–water partition coefficient (Wildman–Crippen LogP) is 4.10. The van der Waals surface area contributed by atoms with Gasteiger partial charge < -0.3 is 14.5 Å². The molecule has 1 N–H and O–H groups in total. The Kier molecular flexibility index (Phi) is 5.08. The lowest BCUT2D eigenvalue weighted by atomic mass is 10.2. The van der Waals surface area contributed by atoms with E-state index in [9.17, 15) is 9.59 Å². The molecule has 0 radical (unpaired) electrons. The summed E-state index contributed by atoms with van der Waals surface area (Å²) in [6, 6.07) is 13.7. The lowest BCUT2D eigenvalue weighted by Gasteiger charge is -2.06. The van der Waals surface area contributed by atoms with Crippen LogP contribution in [0.4, 0.5) is 5.69 Å². The number of rotatable bonds is 6. The summed E-state index contributed by atoms with van der Waals surface area (Å²) in [7, 11) is 0. The normalized spacial score (nSPS) is 13.2. The first kappa shape index (κ1) is 18.2. The number of hydrogen-bond acceptors (Lipinski definition) is 6. The van der Waals surface area contributed by atoms with E-state index in [1.165, 1.54) is 0 Å². The molecular weight excluding hydrogens is 382 g/mol. The van der Waals surface area contributed by atoms with Crippen molar-refractivity contribution in [2.75, 3.05) is 5.32 Å². The summed E-state index contributed by atoms with van der Waals surface area (Å²) >= 11 is 6.11. The molecule has 1 saturated carbocycles. The van der Waals surface area contributed by atoms with E-state index in [0.717, 1.165) is 12.8 Å². The Morgan fingerprint density at radius 3 is 2.75 bits per heavy atom. The molecule has 1 aliphatic carbocycles. The largest absolute Gasteiger partial charge is 0.452 e. The molecule has 1 fully saturated rings. The molecule has 142 valence electrons. The number of halogens is 1. The van der Waals surface area contributed by atoms with Gasteiger partial charge in [-0.2, -0.15) is 0 Å². The average molecular weight is 398 g/mol. The maximum absolute atomic E-state index is 12.3. The minimum Gasteiger partial charge on any atom is -0.452 e. The van der Waals surface area contributed by atoms with Crippen LogP contribution in [0.15, 0.2) is 52.9 Å². The molecule has 3 aromatic rings. The third-order valence-electron chi connectivity index (χ3n) is 4.21. The number of ether oxygens (including phenoxy) is 1. The van der Waals surface area contributed by atoms with Crippen LogP contribution >= 0.6 is 11.6 Å². The van der Waals surface area contributed by atoms with Gasteiger partial charge in [0.2, 0.25) is 11.8 Å². The number of esters is 1. The Hall–Kier alpha value is -3.19. The van der Waals surface area contributed by atoms with Gasteiger partial charge in [0.25, 0.3) is 5.89 Å². The van der Waals surface area contributed by atoms with Crippen molar-refractivity contribution < 1.29 is 18.7 Å². The first-order valence-corrected chi connectivity index (χ1v) is 9.13. The molecule has 0 aliphatic heterocycles. The molecule has 0 bridgehead atoms. The third-order valence-corrected chi connectivity index (χ3v) is 4.54. The highest BCUT2D eigenvalue weighted by molar-refractivity contribution is 6.33. The fourth-order valence-electron chi connectivity index (χ4n) is 2.58. The lowest BCUT2D eigenvalue weighted by molar-refractivity contribution is -0.117. The molecule has 1 aliphatic rings. The van der Waals surface area contributed by atoms with E-state index < -0.39 is 5.97 Å². The van der Waals surface area contributed by atoms with Gasteiger partial charge >= 0.3 is 5.97 Å². The van der Waals surface area contributed by atoms with Gasteiger partial charge in [-0.3, -0.25) is 4.79 Å². The highest BCUT2D eigenvalue weighted by Crippen LogP contribution is 2.30. The molecule has 0 spiro atoms. The second-order valence-corrected chi connectivity index (χ2v) is 6.81. The van der Waals surface area contributed by atoms with E-state index >= 15 is 0 Å². The minimum absolute atomic E-state index is 0.0246. The summed E-state index contributed by atoms with van der Waals surface area (Å²) in [5.41, 5.74) is 1.48. The van der Waals surface area contributed by atoms with Gasteiger partial charge in [-0.15, -0.1) is 10.2 Å². The lowest BCUT2D eigenvalue weighted by Crippen LogP contribution is -2.14. The molecule has 0 atom stereocenters. The zero-order valence-electron chi connectivity index (χ0n) is 14.7. The van der Waals surface area contributed by atoms with Crippen LogP contribution in [0, 0.1) is 5.92 Å². The smallest absolute Gasteiger partial charge is 0.338 e. The Morgan fingerprint density at radius 2 is 1.96 bits per heavy atom. The highest BCUT2D eigenvalue weighted by atomic mass is 35.5. The number of anilines is 1. The molecule has 1 aromatic heterocycles. The van der Waals surface area contributed by atoms with Gasteiger partial charge in [0, 0.05) is 11.6 Å². The summed E-state index contributed by atoms with van der Waals surface area (Å²) in [4.78, 5) is 24.1. The molecule has 4 rings (SSSR count). The number of carbonyl (C=O) groups excluding carboxylic acids is 2. The highest BCUT2D eigenvalue weighted by Gasteiger charge is 2.29. The number of nitrogens with one attached hydrogen (secondary N) is 1. The topological polar surface area (TPSA) is 94.3 Å². The van der Waals surface area contributed by atoms with E-state index in [1.807, 2.05) is 0 Å². The second-order valence-electron chi connectivity index (χ2n) is 6.40. The molecule has 1 amide bonds. The quantitative estimate of drug-likeness (QED) is 0.629. The number of nitrogens with zero attached hydrogens (tertiary/aromatic N) is 2. The van der Waals surface area contributed by atoms with E-state index in [2.05, 4.69) is 15.5 Å². The Balaban J connectivity index is 1.38. The van der Waals surface area contributed by atoms with Crippen molar-refractivity contribution >= 4 is 29.2 Å². The van der Waals surface area contributed by atoms with Gasteiger partial charge in [-0.25, -0.2) is 4.79 Å². The van der Waals surface area contributed by atoms with Crippen LogP contribution in [0.5, 0.6) is 0 Å². The van der Waals surface area contributed by atoms with Crippen molar-refractivity contribution in [1.29, 1.82) is 0 Å². The van der Waals surface area contributed by atoms with Crippen LogP contribution in [0.1, 0.15) is 29.1 Å². The fourth-order valence-corrected chi connectivity index (χ4v) is 2.80. The molecule has 7 nitrogen and oxygen atoms in total. The molecule has 1 heterocycles. The van der Waals surface area contributed by atoms with Crippen molar-refractivity contribution in [2.24, 2.45) is 5.92 Å². The van der Waals surface area contributed by atoms with Crippen molar-refractivity contribution in [2.45, 2.75) is 19.4 Å². The minimum atomic E-state index is -0.556. The number of aromatic nitrogens is 2. The van der Waals surface area contributed by atoms with Crippen molar-refractivity contribution in [3.05, 3.63) is 65.0 Å². The predicted molar refractivity (Wildman–Crippen MR) is 102 cm³/mol. The third kappa shape index (κ3) is 4.20. The number of hydrogen-bond donors (Lipinski definition) is 1. The first-order valence-electron chi connectivity index (χ1n) is 8.75. The van der Waals surface area contributed by atoms with Gasteiger partial charge in [0.05, 0.1) is 16.1 Å². The second kappa shape index (κ2) is 7.82. The summed E-state index contributed by atoms with van der Waals surface area (Å²) in [5, 5.41) is 11.1. The van der Waals surface area contributed by atoms with Crippen molar-refractivity contribution in [1.82, 2.24) is 10.2 Å². The van der Waals surface area contributed by atoms with E-state index in [-0.39, 0.29) is 30.2 Å². The first-order chi connectivity index (χ1) is 13.6. The summed E-state index contributed by atoms with van der Waals surface area (Å²) in [5.74, 6) is -0.0909. The zero-order chi connectivity index (χ0) is 19.5. The maximum Gasteiger partial charge on any atom is 0.338 e. The van der Waals surface area contributed by atoms with Crippen LogP contribution in [-0.4, -0.2) is 22.1 Å². The zero-order valence-corrected chi connectivity index (χ0v) is 15.5. The fraction of sp³-hybridized carbons (Fsp3) is 0.200. The summed E-state index contributed by atoms with van der Waals surface area (Å²) in [6.45, 7) is -0.172. The van der Waals surface area contributed by atoms with E-state index in [1.54, 1.807) is 48.5 Å². The number of benzene rings is 2. The monoisotopic (exact) mass is 397 g/mol. The summed E-state index contributed by atoms with van der Waals surface area (Å²) in [6.07, 6.45) is 1.82. The Labute approximate surface area is 165 Å². The van der Waals surface area contributed by atoms with Crippen molar-refractivity contribution in [3.8, 4) is 11.5 Å². The van der Waals surface area contributed by atoms with Crippen LogP contribution in [0.25, 0.3) is 11.5 Å². The SMILES string of the molecule is O=C(OCc1nnc(-c2ccccc2Cl)o1)c1cccc(NC(=O)C2CC2)c1. The van der Waals surface area contributed by atoms with Crippen LogP contribution < -0.4 is 5.32 Å². The standard InChI is InChI=1S/C20H16ClN3O4/c21-16-7-2-1-6-15(16)19-24-23-17(28-19)11-27-20(26)13-4-3-5-14(10-13)22-18(25)12-8-9-12/h1-7,10,12H,8-9,11H2,(H,22,25). The summed E-state index contributed by atoms with van der Waals surface area (Å²) < 4.78 is 10.7. The van der Waals surface area contributed by atoms with Crippen LogP contribution in [0.2, 0.25) is 5.02 Å². The Morgan fingerprint density at radius 1 is 1.14 bits per heavy atom. The molecule has 28 heavy (non-hydrogen) atoms. The van der Waals surface area contributed by atoms with Gasteiger partial charge in [0.15, 0.2) is 6.61 Å².